The summed E-state index contributed by atoms with van der Waals surface area (Å²) < 4.78 is 49.1. The molecule has 3 heterocycles. The highest BCUT2D eigenvalue weighted by Crippen LogP contribution is 2.44. The third-order valence-electron chi connectivity index (χ3n) is 6.76. The van der Waals surface area contributed by atoms with Gasteiger partial charge in [-0.05, 0) is 93.1 Å². The first-order valence-electron chi connectivity index (χ1n) is 12.3. The Morgan fingerprint density at radius 3 is 2.37 bits per heavy atom. The van der Waals surface area contributed by atoms with E-state index in [1.807, 2.05) is 74.2 Å². The molecule has 0 unspecified atom stereocenters. The second kappa shape index (κ2) is 10.1. The Bertz CT molecular complexity index is 1450. The predicted molar refractivity (Wildman–Crippen MR) is 146 cm³/mol. The molecule has 1 fully saturated rings. The van der Waals surface area contributed by atoms with Gasteiger partial charge >= 0.3 is 6.18 Å². The van der Waals surface area contributed by atoms with Crippen LogP contribution in [0.15, 0.2) is 79.0 Å². The molecule has 38 heavy (non-hydrogen) atoms. The zero-order valence-electron chi connectivity index (χ0n) is 21.2. The zero-order chi connectivity index (χ0) is 27.0. The average Bonchev–Trinajstić information content (AvgIpc) is 3.39. The molecule has 2 aromatic heterocycles. The lowest BCUT2D eigenvalue weighted by molar-refractivity contribution is -0.137. The lowest BCUT2D eigenvalue weighted by Crippen LogP contribution is -2.29. The van der Waals surface area contributed by atoms with Gasteiger partial charge in [-0.25, -0.2) is 0 Å². The first-order valence-corrected chi connectivity index (χ1v) is 12.7. The Morgan fingerprint density at radius 2 is 1.71 bits per heavy atom. The van der Waals surface area contributed by atoms with Gasteiger partial charge in [0.15, 0.2) is 5.11 Å². The molecule has 5 nitrogen and oxygen atoms in total. The van der Waals surface area contributed by atoms with Crippen molar-refractivity contribution < 1.29 is 17.9 Å². The number of hydrogen-bond acceptors (Lipinski definition) is 3. The van der Waals surface area contributed by atoms with Crippen molar-refractivity contribution in [2.24, 2.45) is 0 Å². The van der Waals surface area contributed by atoms with Crippen molar-refractivity contribution in [1.29, 1.82) is 0 Å². The van der Waals surface area contributed by atoms with E-state index >= 15 is 0 Å². The van der Waals surface area contributed by atoms with Gasteiger partial charge in [0.1, 0.15) is 5.75 Å². The van der Waals surface area contributed by atoms with Crippen molar-refractivity contribution in [3.05, 3.63) is 107 Å². The second-order valence-electron chi connectivity index (χ2n) is 9.10. The lowest BCUT2D eigenvalue weighted by atomic mass is 9.96. The third-order valence-corrected chi connectivity index (χ3v) is 7.08. The highest BCUT2D eigenvalue weighted by Gasteiger charge is 2.43. The van der Waals surface area contributed by atoms with Gasteiger partial charge in [0.2, 0.25) is 0 Å². The van der Waals surface area contributed by atoms with E-state index in [0.717, 1.165) is 28.8 Å². The Morgan fingerprint density at radius 1 is 1.00 bits per heavy atom. The van der Waals surface area contributed by atoms with Crippen LogP contribution in [0.5, 0.6) is 5.75 Å². The van der Waals surface area contributed by atoms with Crippen molar-refractivity contribution in [3.8, 4) is 11.4 Å². The number of thiocarbonyl (C=S) groups is 1. The fraction of sp³-hybridized carbons (Fsp3) is 0.241. The SMILES string of the molecule is CCOc1ccc(N2C(=S)N[C@@H](c3ccccn3)[C@@H]2c2cc(C)n(-c3ccccc3C(F)(F)F)c2C)cc1. The highest BCUT2D eigenvalue weighted by molar-refractivity contribution is 7.80. The molecule has 1 aliphatic heterocycles. The first kappa shape index (κ1) is 25.8. The minimum atomic E-state index is -4.48. The Balaban J connectivity index is 1.67. The molecule has 0 spiro atoms. The number of nitrogens with one attached hydrogen (secondary N) is 1. The van der Waals surface area contributed by atoms with Gasteiger partial charge in [-0.2, -0.15) is 13.2 Å². The van der Waals surface area contributed by atoms with E-state index in [0.29, 0.717) is 23.1 Å². The monoisotopic (exact) mass is 536 g/mol. The molecule has 2 atom stereocenters. The summed E-state index contributed by atoms with van der Waals surface area (Å²) in [4.78, 5) is 6.58. The van der Waals surface area contributed by atoms with Gasteiger partial charge < -0.3 is 19.5 Å². The van der Waals surface area contributed by atoms with Crippen LogP contribution in [0.4, 0.5) is 18.9 Å². The number of ether oxygens (including phenoxy) is 1. The van der Waals surface area contributed by atoms with Crippen molar-refractivity contribution in [2.75, 3.05) is 11.5 Å². The molecule has 5 rings (SSSR count). The Labute approximate surface area is 224 Å². The first-order chi connectivity index (χ1) is 18.2. The van der Waals surface area contributed by atoms with Crippen LogP contribution in [0.25, 0.3) is 5.69 Å². The fourth-order valence-corrected chi connectivity index (χ4v) is 5.53. The van der Waals surface area contributed by atoms with Crippen LogP contribution in [0, 0.1) is 13.8 Å². The molecule has 0 bridgehead atoms. The standard InChI is InChI=1S/C29H27F3N4OS/c1-4-37-21-14-12-20(13-15-21)36-27(26(34-28(36)38)24-10-7-8-16-33-24)22-17-18(2)35(19(22)3)25-11-6-5-9-23(25)29(30,31)32/h5-17,26-27H,4H2,1-3H3,(H,34,38)/t26-,27-/m0/s1. The Hall–Kier alpha value is -3.85. The van der Waals surface area contributed by atoms with E-state index in [9.17, 15) is 13.2 Å². The van der Waals surface area contributed by atoms with E-state index in [2.05, 4.69) is 10.3 Å². The number of halogens is 3. The summed E-state index contributed by atoms with van der Waals surface area (Å²) in [5.41, 5.74) is 3.29. The number of aromatic nitrogens is 2. The molecule has 1 saturated heterocycles. The maximum absolute atomic E-state index is 13.9. The summed E-state index contributed by atoms with van der Waals surface area (Å²) in [7, 11) is 0. The largest absolute Gasteiger partial charge is 0.494 e. The molecule has 2 aromatic carbocycles. The highest BCUT2D eigenvalue weighted by atomic mass is 32.1. The smallest absolute Gasteiger partial charge is 0.418 e. The van der Waals surface area contributed by atoms with Crippen LogP contribution >= 0.6 is 12.2 Å². The molecular weight excluding hydrogens is 509 g/mol. The average molecular weight is 537 g/mol. The van der Waals surface area contributed by atoms with E-state index in [-0.39, 0.29) is 17.8 Å². The van der Waals surface area contributed by atoms with Gasteiger partial charge in [-0.15, -0.1) is 0 Å². The molecule has 0 amide bonds. The normalized spacial score (nSPS) is 17.5. The topological polar surface area (TPSA) is 42.3 Å². The van der Waals surface area contributed by atoms with Crippen LogP contribution in [0.1, 0.15) is 47.2 Å². The van der Waals surface area contributed by atoms with E-state index in [1.165, 1.54) is 12.1 Å². The Kier molecular flexibility index (Phi) is 6.88. The summed E-state index contributed by atoms with van der Waals surface area (Å²) in [5.74, 6) is 0.745. The molecule has 196 valence electrons. The van der Waals surface area contributed by atoms with Gasteiger partial charge in [0, 0.05) is 23.3 Å². The third kappa shape index (κ3) is 4.62. The van der Waals surface area contributed by atoms with Crippen LogP contribution in [0.2, 0.25) is 0 Å². The summed E-state index contributed by atoms with van der Waals surface area (Å²) in [5, 5.41) is 3.92. The molecule has 0 radical (unpaired) electrons. The van der Waals surface area contributed by atoms with Crippen molar-refractivity contribution in [3.63, 3.8) is 0 Å². The number of pyridine rings is 1. The molecule has 9 heteroatoms. The minimum Gasteiger partial charge on any atom is -0.494 e. The summed E-state index contributed by atoms with van der Waals surface area (Å²) in [6.45, 7) is 6.15. The van der Waals surface area contributed by atoms with E-state index in [1.54, 1.807) is 16.8 Å². The molecule has 0 saturated carbocycles. The minimum absolute atomic E-state index is 0.0942. The van der Waals surface area contributed by atoms with E-state index < -0.39 is 11.7 Å². The number of alkyl halides is 3. The van der Waals surface area contributed by atoms with Gasteiger partial charge in [-0.3, -0.25) is 4.98 Å². The number of para-hydroxylation sites is 1. The van der Waals surface area contributed by atoms with Gasteiger partial charge in [-0.1, -0.05) is 18.2 Å². The van der Waals surface area contributed by atoms with Gasteiger partial charge in [0.05, 0.1) is 35.6 Å². The summed E-state index contributed by atoms with van der Waals surface area (Å²) >= 11 is 5.81. The number of hydrogen-bond donors (Lipinski definition) is 1. The maximum atomic E-state index is 13.9. The molecular formula is C29H27F3N4OS. The van der Waals surface area contributed by atoms with Crippen molar-refractivity contribution >= 4 is 23.0 Å². The van der Waals surface area contributed by atoms with E-state index in [4.69, 9.17) is 17.0 Å². The number of nitrogens with zero attached hydrogens (tertiary/aromatic N) is 3. The number of benzene rings is 2. The fourth-order valence-electron chi connectivity index (χ4n) is 5.18. The van der Waals surface area contributed by atoms with Crippen LogP contribution in [-0.2, 0) is 6.18 Å². The quantitative estimate of drug-likeness (QED) is 0.267. The summed E-state index contributed by atoms with van der Waals surface area (Å²) in [6.07, 6.45) is -2.76. The van der Waals surface area contributed by atoms with Crippen molar-refractivity contribution in [1.82, 2.24) is 14.9 Å². The molecule has 0 aliphatic carbocycles. The van der Waals surface area contributed by atoms with Crippen LogP contribution in [-0.4, -0.2) is 21.3 Å². The number of rotatable bonds is 6. The number of anilines is 1. The van der Waals surface area contributed by atoms with Crippen LogP contribution < -0.4 is 15.0 Å². The predicted octanol–water partition coefficient (Wildman–Crippen LogP) is 7.08. The van der Waals surface area contributed by atoms with Crippen molar-refractivity contribution in [2.45, 2.75) is 39.0 Å². The lowest BCUT2D eigenvalue weighted by Gasteiger charge is -2.28. The van der Waals surface area contributed by atoms with Gasteiger partial charge in [0.25, 0.3) is 0 Å². The molecule has 4 aromatic rings. The zero-order valence-corrected chi connectivity index (χ0v) is 22.0. The maximum Gasteiger partial charge on any atom is 0.418 e. The summed E-state index contributed by atoms with van der Waals surface area (Å²) in [6, 6.07) is 20.2. The van der Waals surface area contributed by atoms with Crippen LogP contribution in [0.3, 0.4) is 0 Å². The molecule has 1 N–H and O–H groups in total. The molecule has 1 aliphatic rings. The second-order valence-corrected chi connectivity index (χ2v) is 9.49. The number of aryl methyl sites for hydroxylation is 1.